The SMILES string of the molecule is Cc1nc2c(c(=O)n1CCOC1CCC(Cl)CC1C1CC(C)NC3C(C(=O)NS(=O)(=O)C4CCCCN4)CSC13)C[C@H](N(C)C1CC1)CC2. The zero-order valence-corrected chi connectivity index (χ0v) is 31.6. The van der Waals surface area contributed by atoms with Crippen molar-refractivity contribution in [2.24, 2.45) is 17.8 Å². The molecule has 7 rings (SSSR count). The predicted octanol–water partition coefficient (Wildman–Crippen LogP) is 2.94. The molecule has 3 aliphatic heterocycles. The fourth-order valence-electron chi connectivity index (χ4n) is 9.50. The maximum atomic E-state index is 13.8. The van der Waals surface area contributed by atoms with Gasteiger partial charge in [-0.2, -0.15) is 11.8 Å². The summed E-state index contributed by atoms with van der Waals surface area (Å²) in [5.41, 5.74) is 1.94. The van der Waals surface area contributed by atoms with Gasteiger partial charge in [0, 0.05) is 46.1 Å². The monoisotopic (exact) mass is 738 g/mol. The third kappa shape index (κ3) is 7.78. The Hall–Kier alpha value is -1.22. The van der Waals surface area contributed by atoms with Gasteiger partial charge in [0.2, 0.25) is 5.91 Å². The first-order valence-electron chi connectivity index (χ1n) is 18.7. The van der Waals surface area contributed by atoms with Crippen LogP contribution in [0.1, 0.15) is 88.2 Å². The zero-order valence-electron chi connectivity index (χ0n) is 29.2. The van der Waals surface area contributed by atoms with Crippen molar-refractivity contribution in [3.05, 3.63) is 27.4 Å². The summed E-state index contributed by atoms with van der Waals surface area (Å²) in [4.78, 5) is 34.7. The van der Waals surface area contributed by atoms with Gasteiger partial charge in [0.15, 0.2) is 0 Å². The summed E-state index contributed by atoms with van der Waals surface area (Å²) in [6, 6.07) is 1.14. The van der Waals surface area contributed by atoms with E-state index in [-0.39, 0.29) is 46.2 Å². The van der Waals surface area contributed by atoms with Crippen LogP contribution >= 0.6 is 23.4 Å². The molecule has 274 valence electrons. The van der Waals surface area contributed by atoms with E-state index < -0.39 is 27.2 Å². The van der Waals surface area contributed by atoms with Gasteiger partial charge in [-0.05, 0) is 116 Å². The number of sulfonamides is 1. The van der Waals surface area contributed by atoms with E-state index in [0.717, 1.165) is 74.9 Å². The number of nitrogens with one attached hydrogen (secondary N) is 3. The quantitative estimate of drug-likeness (QED) is 0.308. The Balaban J connectivity index is 1.01. The number of ether oxygens (including phenoxy) is 1. The topological polar surface area (TPSA) is 135 Å². The molecule has 0 spiro atoms. The van der Waals surface area contributed by atoms with E-state index in [4.69, 9.17) is 21.3 Å². The second kappa shape index (κ2) is 15.0. The average Bonchev–Trinajstić information content (AvgIpc) is 3.85. The molecule has 0 radical (unpaired) electrons. The molecule has 10 atom stereocenters. The standard InChI is InChI=1S/C35H55ClN6O5S2/c1-20-16-26(33-32(38-20)28(19-48-33)34(43)40-49(45,46)31-6-4-5-13-37-31)25-17-22(36)7-12-30(25)47-15-14-42-21(2)39-29-11-10-24(18-27(29)35(42)44)41(3)23-8-9-23/h20,22-26,28,30-33,37-38H,4-19H2,1-3H3,(H,40,43)/t20?,22?,24-,25?,26?,28?,30?,31?,32?,33?/m1/s1. The number of hydrogen-bond acceptors (Lipinski definition) is 10. The van der Waals surface area contributed by atoms with Crippen molar-refractivity contribution in [3.8, 4) is 0 Å². The molecule has 4 heterocycles. The number of hydrogen-bond donors (Lipinski definition) is 3. The van der Waals surface area contributed by atoms with Gasteiger partial charge in [0.1, 0.15) is 11.2 Å². The lowest BCUT2D eigenvalue weighted by molar-refractivity contribution is -0.123. The molecule has 0 aromatic carbocycles. The molecule has 5 fully saturated rings. The van der Waals surface area contributed by atoms with Crippen LogP contribution < -0.4 is 20.9 Å². The van der Waals surface area contributed by atoms with E-state index in [1.54, 1.807) is 11.8 Å². The second-order valence-electron chi connectivity index (χ2n) is 15.7. The number of alkyl halides is 1. The number of nitrogens with zero attached hydrogens (tertiary/aromatic N) is 3. The van der Waals surface area contributed by atoms with E-state index in [9.17, 15) is 18.0 Å². The maximum Gasteiger partial charge on any atom is 0.257 e. The van der Waals surface area contributed by atoms with Gasteiger partial charge in [0.05, 0.1) is 30.9 Å². The third-order valence-electron chi connectivity index (χ3n) is 12.4. The van der Waals surface area contributed by atoms with Crippen LogP contribution in [-0.4, -0.2) is 101 Å². The zero-order chi connectivity index (χ0) is 34.4. The van der Waals surface area contributed by atoms with Gasteiger partial charge in [-0.15, -0.1) is 11.6 Å². The molecule has 6 aliphatic rings. The van der Waals surface area contributed by atoms with Crippen LogP contribution in [0.2, 0.25) is 0 Å². The Kier molecular flexibility index (Phi) is 11.1. The molecule has 3 N–H and O–H groups in total. The van der Waals surface area contributed by atoms with E-state index in [2.05, 4.69) is 34.2 Å². The van der Waals surface area contributed by atoms with Crippen LogP contribution in [0, 0.1) is 24.7 Å². The van der Waals surface area contributed by atoms with Gasteiger partial charge < -0.3 is 15.0 Å². The number of likely N-dealkylation sites (N-methyl/N-ethyl adjacent to an activating group) is 1. The van der Waals surface area contributed by atoms with Crippen molar-refractivity contribution >= 4 is 39.3 Å². The predicted molar refractivity (Wildman–Crippen MR) is 193 cm³/mol. The van der Waals surface area contributed by atoms with Crippen LogP contribution in [-0.2, 0) is 38.9 Å². The molecule has 9 unspecified atom stereocenters. The lowest BCUT2D eigenvalue weighted by Gasteiger charge is -2.47. The molecule has 3 aliphatic carbocycles. The first kappa shape index (κ1) is 36.2. The largest absolute Gasteiger partial charge is 0.376 e. The van der Waals surface area contributed by atoms with Crippen LogP contribution in [0.5, 0.6) is 0 Å². The van der Waals surface area contributed by atoms with Crippen molar-refractivity contribution in [1.29, 1.82) is 0 Å². The highest BCUT2D eigenvalue weighted by Crippen LogP contribution is 2.48. The van der Waals surface area contributed by atoms with Crippen LogP contribution in [0.3, 0.4) is 0 Å². The summed E-state index contributed by atoms with van der Waals surface area (Å²) >= 11 is 8.61. The van der Waals surface area contributed by atoms with Crippen molar-refractivity contribution in [1.82, 2.24) is 29.8 Å². The Labute approximate surface area is 300 Å². The minimum atomic E-state index is -3.79. The molecule has 3 saturated heterocycles. The minimum Gasteiger partial charge on any atom is -0.376 e. The highest BCUT2D eigenvalue weighted by molar-refractivity contribution is 8.00. The summed E-state index contributed by atoms with van der Waals surface area (Å²) in [5.74, 6) is 1.01. The molecule has 14 heteroatoms. The Morgan fingerprint density at radius 2 is 1.94 bits per heavy atom. The molecule has 1 amide bonds. The lowest BCUT2D eigenvalue weighted by atomic mass is 9.70. The smallest absolute Gasteiger partial charge is 0.257 e. The number of carbonyl (C=O) groups excluding carboxylic acids is 1. The van der Waals surface area contributed by atoms with Crippen molar-refractivity contribution in [2.75, 3.05) is 26.0 Å². The first-order valence-corrected chi connectivity index (χ1v) is 21.8. The lowest BCUT2D eigenvalue weighted by Crippen LogP contribution is -2.59. The normalized spacial score (nSPS) is 36.7. The fourth-order valence-corrected chi connectivity index (χ4v) is 13.0. The molecule has 1 aromatic rings. The van der Waals surface area contributed by atoms with E-state index in [0.29, 0.717) is 44.0 Å². The van der Waals surface area contributed by atoms with E-state index in [1.807, 2.05) is 11.5 Å². The van der Waals surface area contributed by atoms with Gasteiger partial charge >= 0.3 is 0 Å². The first-order chi connectivity index (χ1) is 23.5. The molecule has 2 saturated carbocycles. The van der Waals surface area contributed by atoms with E-state index >= 15 is 0 Å². The Bertz CT molecular complexity index is 1530. The van der Waals surface area contributed by atoms with E-state index in [1.165, 1.54) is 12.8 Å². The number of carbonyl (C=O) groups is 1. The second-order valence-corrected chi connectivity index (χ2v) is 19.4. The van der Waals surface area contributed by atoms with Gasteiger partial charge in [-0.25, -0.2) is 13.4 Å². The average molecular weight is 739 g/mol. The highest BCUT2D eigenvalue weighted by atomic mass is 35.5. The Morgan fingerprint density at radius 3 is 2.69 bits per heavy atom. The number of rotatable bonds is 10. The van der Waals surface area contributed by atoms with Crippen LogP contribution in [0.15, 0.2) is 4.79 Å². The molecule has 11 nitrogen and oxygen atoms in total. The maximum absolute atomic E-state index is 13.8. The summed E-state index contributed by atoms with van der Waals surface area (Å²) in [5, 5.41) is 6.26. The molecule has 0 bridgehead atoms. The van der Waals surface area contributed by atoms with Crippen LogP contribution in [0.25, 0.3) is 0 Å². The number of fused-ring (bicyclic) bond motifs is 2. The Morgan fingerprint density at radius 1 is 1.12 bits per heavy atom. The number of piperidine rings is 2. The van der Waals surface area contributed by atoms with Gasteiger partial charge in [0.25, 0.3) is 15.6 Å². The third-order valence-corrected chi connectivity index (χ3v) is 16.0. The summed E-state index contributed by atoms with van der Waals surface area (Å²) in [6.45, 7) is 5.64. The number of thioether (sulfide) groups is 1. The van der Waals surface area contributed by atoms with Gasteiger partial charge in [-0.1, -0.05) is 0 Å². The molecular formula is C35H55ClN6O5S2. The van der Waals surface area contributed by atoms with Crippen LogP contribution in [0.4, 0.5) is 0 Å². The van der Waals surface area contributed by atoms with Gasteiger partial charge in [-0.3, -0.25) is 24.2 Å². The summed E-state index contributed by atoms with van der Waals surface area (Å²) in [6.07, 6.45) is 11.1. The number of aromatic nitrogens is 2. The minimum absolute atomic E-state index is 0.00958. The molecule has 49 heavy (non-hydrogen) atoms. The number of aryl methyl sites for hydroxylation is 2. The van der Waals surface area contributed by atoms with Crippen molar-refractivity contribution in [3.63, 3.8) is 0 Å². The van der Waals surface area contributed by atoms with Crippen molar-refractivity contribution in [2.45, 2.75) is 144 Å². The van der Waals surface area contributed by atoms with Crippen molar-refractivity contribution < 1.29 is 17.9 Å². The number of amides is 1. The molecule has 1 aromatic heterocycles. The fraction of sp³-hybridized carbons (Fsp3) is 0.857. The summed E-state index contributed by atoms with van der Waals surface area (Å²) in [7, 11) is -1.58. The highest BCUT2D eigenvalue weighted by Gasteiger charge is 2.52. The summed E-state index contributed by atoms with van der Waals surface area (Å²) < 4.78 is 37.1. The number of halogens is 1. The molecular weight excluding hydrogens is 684 g/mol.